The number of nitriles is 1. The highest BCUT2D eigenvalue weighted by atomic mass is 32.1. The van der Waals surface area contributed by atoms with Crippen LogP contribution in [0.4, 0.5) is 0 Å². The van der Waals surface area contributed by atoms with Gasteiger partial charge in [0.05, 0.1) is 5.56 Å². The lowest BCUT2D eigenvalue weighted by molar-refractivity contribution is 0.182. The first-order valence-electron chi connectivity index (χ1n) is 6.63. The second-order valence-electron chi connectivity index (χ2n) is 5.91. The van der Waals surface area contributed by atoms with Crippen molar-refractivity contribution in [1.29, 1.82) is 5.26 Å². The number of fused-ring (bicyclic) bond motifs is 1. The number of aromatic nitrogens is 1. The molecule has 0 aromatic carbocycles. The molecule has 0 bridgehead atoms. The number of aromatic amines is 1. The van der Waals surface area contributed by atoms with Crippen LogP contribution in [0.5, 0.6) is 0 Å². The Labute approximate surface area is 114 Å². The molecule has 1 aliphatic rings. The van der Waals surface area contributed by atoms with Crippen LogP contribution >= 0.6 is 12.2 Å². The molecule has 1 heterocycles. The molecule has 0 fully saturated rings. The largest absolute Gasteiger partial charge is 0.349 e. The highest BCUT2D eigenvalue weighted by Gasteiger charge is 2.31. The summed E-state index contributed by atoms with van der Waals surface area (Å²) in [6.45, 7) is 6.95. The number of pyridine rings is 1. The number of aryl methyl sites for hydroxylation is 1. The fourth-order valence-electron chi connectivity index (χ4n) is 2.74. The molecule has 2 rings (SSSR count). The van der Waals surface area contributed by atoms with Gasteiger partial charge in [-0.15, -0.1) is 0 Å². The van der Waals surface area contributed by atoms with Gasteiger partial charge in [0, 0.05) is 5.69 Å². The van der Waals surface area contributed by atoms with Gasteiger partial charge in [-0.3, -0.25) is 0 Å². The molecule has 0 unspecified atom stereocenters. The number of nitrogens with one attached hydrogen (secondary N) is 1. The van der Waals surface area contributed by atoms with E-state index in [4.69, 9.17) is 17.5 Å². The lowest BCUT2D eigenvalue weighted by Gasteiger charge is -2.37. The Kier molecular flexibility index (Phi) is 3.59. The van der Waals surface area contributed by atoms with Gasteiger partial charge in [0.15, 0.2) is 0 Å². The van der Waals surface area contributed by atoms with Gasteiger partial charge in [-0.05, 0) is 42.2 Å². The molecular weight excluding hydrogens is 240 g/mol. The van der Waals surface area contributed by atoms with Crippen molar-refractivity contribution in [3.05, 3.63) is 27.5 Å². The minimum absolute atomic E-state index is 0.372. The van der Waals surface area contributed by atoms with Crippen molar-refractivity contribution in [2.24, 2.45) is 11.3 Å². The standard InChI is InChI=1S/C15H20N2S/c1-4-15(2,3)12-5-6-13-10(8-12)7-11(9-16)14(18)17-13/h7,12H,4-6,8H2,1-3H3,(H,17,18)/t12-/m0/s1. The molecule has 2 nitrogen and oxygen atoms in total. The molecule has 0 aliphatic heterocycles. The van der Waals surface area contributed by atoms with Crippen molar-refractivity contribution in [2.45, 2.75) is 46.5 Å². The first-order valence-corrected chi connectivity index (χ1v) is 7.04. The highest BCUT2D eigenvalue weighted by molar-refractivity contribution is 7.71. The van der Waals surface area contributed by atoms with Gasteiger partial charge in [-0.2, -0.15) is 5.26 Å². The van der Waals surface area contributed by atoms with Crippen LogP contribution in [0.1, 0.15) is 50.4 Å². The summed E-state index contributed by atoms with van der Waals surface area (Å²) in [5.74, 6) is 0.700. The molecule has 0 spiro atoms. The SMILES string of the molecule is CCC(C)(C)[C@H]1CCc2[nH]c(=S)c(C#N)cc2C1. The van der Waals surface area contributed by atoms with Crippen LogP contribution in [0.15, 0.2) is 6.07 Å². The van der Waals surface area contributed by atoms with Crippen molar-refractivity contribution >= 4 is 12.2 Å². The van der Waals surface area contributed by atoms with E-state index < -0.39 is 0 Å². The zero-order valence-electron chi connectivity index (χ0n) is 11.3. The van der Waals surface area contributed by atoms with Gasteiger partial charge in [0.1, 0.15) is 10.7 Å². The van der Waals surface area contributed by atoms with Crippen molar-refractivity contribution < 1.29 is 0 Å². The molecule has 96 valence electrons. The Morgan fingerprint density at radius 3 is 2.89 bits per heavy atom. The van der Waals surface area contributed by atoms with Crippen LogP contribution in [0.3, 0.4) is 0 Å². The summed E-state index contributed by atoms with van der Waals surface area (Å²) >= 11 is 5.18. The highest BCUT2D eigenvalue weighted by Crippen LogP contribution is 2.39. The Balaban J connectivity index is 2.35. The molecule has 1 aromatic heterocycles. The molecule has 0 radical (unpaired) electrons. The fourth-order valence-corrected chi connectivity index (χ4v) is 2.97. The van der Waals surface area contributed by atoms with Crippen LogP contribution in [0, 0.1) is 27.3 Å². The maximum atomic E-state index is 9.06. The lowest BCUT2D eigenvalue weighted by Crippen LogP contribution is -2.29. The van der Waals surface area contributed by atoms with Crippen LogP contribution in [-0.2, 0) is 12.8 Å². The summed E-state index contributed by atoms with van der Waals surface area (Å²) in [6.07, 6.45) is 4.53. The second kappa shape index (κ2) is 4.85. The van der Waals surface area contributed by atoms with Crippen LogP contribution in [-0.4, -0.2) is 4.98 Å². The lowest BCUT2D eigenvalue weighted by atomic mass is 9.69. The molecule has 1 atom stereocenters. The molecule has 18 heavy (non-hydrogen) atoms. The zero-order valence-corrected chi connectivity index (χ0v) is 12.2. The first kappa shape index (κ1) is 13.3. The van der Waals surface area contributed by atoms with Crippen molar-refractivity contribution in [3.8, 4) is 6.07 Å². The predicted molar refractivity (Wildman–Crippen MR) is 75.9 cm³/mol. The molecule has 1 aromatic rings. The molecule has 0 amide bonds. The van der Waals surface area contributed by atoms with E-state index >= 15 is 0 Å². The number of rotatable bonds is 2. The van der Waals surface area contributed by atoms with Gasteiger partial charge in [-0.25, -0.2) is 0 Å². The molecule has 1 aliphatic carbocycles. The van der Waals surface area contributed by atoms with E-state index in [1.54, 1.807) is 0 Å². The monoisotopic (exact) mass is 260 g/mol. The quantitative estimate of drug-likeness (QED) is 0.811. The van der Waals surface area contributed by atoms with E-state index in [9.17, 15) is 0 Å². The first-order chi connectivity index (χ1) is 8.47. The van der Waals surface area contributed by atoms with Crippen molar-refractivity contribution in [1.82, 2.24) is 4.98 Å². The topological polar surface area (TPSA) is 39.6 Å². The van der Waals surface area contributed by atoms with E-state index in [1.807, 2.05) is 6.07 Å². The summed E-state index contributed by atoms with van der Waals surface area (Å²) in [5.41, 5.74) is 3.51. The average Bonchev–Trinajstić information content (AvgIpc) is 2.37. The van der Waals surface area contributed by atoms with Crippen LogP contribution in [0.25, 0.3) is 0 Å². The molecule has 0 saturated heterocycles. The summed E-state index contributed by atoms with van der Waals surface area (Å²) in [4.78, 5) is 3.23. The minimum Gasteiger partial charge on any atom is -0.349 e. The minimum atomic E-state index is 0.372. The zero-order chi connectivity index (χ0) is 13.3. The fraction of sp³-hybridized carbons (Fsp3) is 0.600. The van der Waals surface area contributed by atoms with Crippen molar-refractivity contribution in [3.63, 3.8) is 0 Å². The third-order valence-electron chi connectivity index (χ3n) is 4.56. The molecular formula is C15H20N2S. The summed E-state index contributed by atoms with van der Waals surface area (Å²) < 4.78 is 0.587. The Bertz CT molecular complexity index is 549. The maximum absolute atomic E-state index is 9.06. The number of nitrogens with zero attached hydrogens (tertiary/aromatic N) is 1. The number of hydrogen-bond acceptors (Lipinski definition) is 2. The third-order valence-corrected chi connectivity index (χ3v) is 4.88. The molecule has 0 saturated carbocycles. The van der Waals surface area contributed by atoms with Crippen LogP contribution < -0.4 is 0 Å². The molecule has 3 heteroatoms. The Morgan fingerprint density at radius 2 is 2.28 bits per heavy atom. The van der Waals surface area contributed by atoms with Gasteiger partial charge >= 0.3 is 0 Å². The van der Waals surface area contributed by atoms with E-state index in [0.717, 1.165) is 12.8 Å². The van der Waals surface area contributed by atoms with Gasteiger partial charge in [0.2, 0.25) is 0 Å². The van der Waals surface area contributed by atoms with Gasteiger partial charge in [-0.1, -0.05) is 39.4 Å². The van der Waals surface area contributed by atoms with Crippen molar-refractivity contribution in [2.75, 3.05) is 0 Å². The Morgan fingerprint density at radius 1 is 1.56 bits per heavy atom. The summed E-state index contributed by atoms with van der Waals surface area (Å²) in [6, 6.07) is 4.17. The van der Waals surface area contributed by atoms with E-state index in [0.29, 0.717) is 21.5 Å². The maximum Gasteiger partial charge on any atom is 0.121 e. The number of hydrogen-bond donors (Lipinski definition) is 1. The van der Waals surface area contributed by atoms with Gasteiger partial charge in [0.25, 0.3) is 0 Å². The van der Waals surface area contributed by atoms with Gasteiger partial charge < -0.3 is 4.98 Å². The Hall–Kier alpha value is -1.14. The normalized spacial score (nSPS) is 19.1. The predicted octanol–water partition coefficient (Wildman–Crippen LogP) is 4.16. The van der Waals surface area contributed by atoms with E-state index in [2.05, 4.69) is 31.8 Å². The van der Waals surface area contributed by atoms with E-state index in [-0.39, 0.29) is 0 Å². The van der Waals surface area contributed by atoms with Crippen LogP contribution in [0.2, 0.25) is 0 Å². The second-order valence-corrected chi connectivity index (χ2v) is 6.32. The summed E-state index contributed by atoms with van der Waals surface area (Å²) in [7, 11) is 0. The third kappa shape index (κ3) is 2.35. The smallest absolute Gasteiger partial charge is 0.121 e. The number of H-pyrrole nitrogens is 1. The average molecular weight is 260 g/mol. The summed E-state index contributed by atoms with van der Waals surface area (Å²) in [5, 5.41) is 9.06. The van der Waals surface area contributed by atoms with E-state index in [1.165, 1.54) is 24.1 Å². The molecule has 1 N–H and O–H groups in total.